The smallest absolute Gasteiger partial charge is 0.220 e. The van der Waals surface area contributed by atoms with E-state index in [1.165, 1.54) is 141 Å². The van der Waals surface area contributed by atoms with Crippen molar-refractivity contribution in [2.45, 2.75) is 312 Å². The van der Waals surface area contributed by atoms with E-state index in [1.54, 1.807) is 6.08 Å². The van der Waals surface area contributed by atoms with Crippen molar-refractivity contribution in [3.05, 3.63) is 109 Å². The summed E-state index contributed by atoms with van der Waals surface area (Å²) in [6, 6.07) is -0.988. The molecule has 85 heavy (non-hydrogen) atoms. The highest BCUT2D eigenvalue weighted by Crippen LogP contribution is 2.30. The summed E-state index contributed by atoms with van der Waals surface area (Å²) in [7, 11) is 0. The number of carbonyl (C=O) groups excluding carboxylic acids is 1. The molecule has 2 saturated heterocycles. The third-order valence-electron chi connectivity index (χ3n) is 15.7. The molecule has 12 atom stereocenters. The summed E-state index contributed by atoms with van der Waals surface area (Å²) in [6.45, 7) is 2.61. The highest BCUT2D eigenvalue weighted by atomic mass is 16.7. The maximum absolute atomic E-state index is 13.2. The molecule has 0 bridgehead atoms. The van der Waals surface area contributed by atoms with Crippen LogP contribution in [-0.4, -0.2) is 140 Å². The molecule has 2 heterocycles. The minimum Gasteiger partial charge on any atom is -0.394 e. The minimum atomic E-state index is -1.81. The van der Waals surface area contributed by atoms with Crippen molar-refractivity contribution in [3.63, 3.8) is 0 Å². The molecule has 2 rings (SSSR count). The van der Waals surface area contributed by atoms with Crippen LogP contribution >= 0.6 is 0 Å². The second kappa shape index (κ2) is 54.8. The van der Waals surface area contributed by atoms with E-state index in [0.29, 0.717) is 12.8 Å². The number of nitrogens with one attached hydrogen (secondary N) is 1. The van der Waals surface area contributed by atoms with Crippen LogP contribution < -0.4 is 5.32 Å². The summed E-state index contributed by atoms with van der Waals surface area (Å²) in [5, 5.41) is 87.2. The third kappa shape index (κ3) is 39.3. The molecule has 0 saturated carbocycles. The first-order valence-electron chi connectivity index (χ1n) is 33.6. The van der Waals surface area contributed by atoms with Crippen LogP contribution in [0.1, 0.15) is 239 Å². The van der Waals surface area contributed by atoms with Gasteiger partial charge in [0.15, 0.2) is 12.6 Å². The molecule has 1 amide bonds. The van der Waals surface area contributed by atoms with Crippen molar-refractivity contribution in [2.24, 2.45) is 0 Å². The number of hydrogen-bond acceptors (Lipinski definition) is 13. The molecule has 0 aromatic rings. The summed E-state index contributed by atoms with van der Waals surface area (Å²) in [5.41, 5.74) is 0. The molecule has 2 aliphatic rings. The Kier molecular flexibility index (Phi) is 50.1. The van der Waals surface area contributed by atoms with Gasteiger partial charge < -0.3 is 65.1 Å². The van der Waals surface area contributed by atoms with E-state index in [0.717, 1.165) is 64.2 Å². The number of aliphatic hydroxyl groups excluding tert-OH is 8. The van der Waals surface area contributed by atoms with Crippen LogP contribution in [0.15, 0.2) is 109 Å². The summed E-state index contributed by atoms with van der Waals surface area (Å²) in [4.78, 5) is 13.2. The topological polar surface area (TPSA) is 228 Å². The van der Waals surface area contributed by atoms with Crippen molar-refractivity contribution in [3.8, 4) is 0 Å². The first-order chi connectivity index (χ1) is 41.6. The highest BCUT2D eigenvalue weighted by Gasteiger charge is 2.51. The first kappa shape index (κ1) is 77.7. The normalized spacial score (nSPS) is 24.3. The van der Waals surface area contributed by atoms with E-state index in [2.05, 4.69) is 104 Å². The number of ether oxygens (including phenoxy) is 4. The molecule has 0 aromatic carbocycles. The maximum Gasteiger partial charge on any atom is 0.220 e. The molecule has 0 aromatic heterocycles. The van der Waals surface area contributed by atoms with E-state index in [4.69, 9.17) is 18.9 Å². The largest absolute Gasteiger partial charge is 0.394 e. The van der Waals surface area contributed by atoms with Gasteiger partial charge in [0.05, 0.1) is 32.0 Å². The first-order valence-corrected chi connectivity index (χ1v) is 33.6. The molecule has 12 unspecified atom stereocenters. The predicted molar refractivity (Wildman–Crippen MR) is 345 cm³/mol. The van der Waals surface area contributed by atoms with Crippen LogP contribution in [0.2, 0.25) is 0 Å². The van der Waals surface area contributed by atoms with Gasteiger partial charge in [-0.3, -0.25) is 4.79 Å². The standard InChI is InChI=1S/C71H121NO13/c1-3-5-7-9-11-13-15-17-19-21-23-24-25-26-27-28-29-30-31-32-33-34-35-37-38-40-42-44-46-48-50-52-54-60(75)59(72-63(76)55-53-51-49-47-45-43-41-39-36-22-20-18-16-14-12-10-8-6-4-2)58-82-70-68(81)66(79)69(62(57-74)84-70)85-71-67(80)65(78)64(77)61(56-73)83-71/h6,8,12,14,18,20,36-39,43-46,49,51-52,54,59-62,64-71,73-75,77-81H,3-5,7,9-11,13,15-17,19,21-35,40-42,47-48,50,53,55-58H2,1-2H3,(H,72,76)/b8-6-,14-12-,20-18-,38-37+,39-36-,45-43-,46-44+,51-49-,54-52+. The van der Waals surface area contributed by atoms with Gasteiger partial charge in [-0.2, -0.15) is 0 Å². The van der Waals surface area contributed by atoms with Gasteiger partial charge in [-0.15, -0.1) is 0 Å². The molecule has 0 spiro atoms. The van der Waals surface area contributed by atoms with Crippen molar-refractivity contribution in [1.82, 2.24) is 5.32 Å². The van der Waals surface area contributed by atoms with Crippen molar-refractivity contribution in [2.75, 3.05) is 19.8 Å². The second-order valence-corrected chi connectivity index (χ2v) is 23.2. The number of aliphatic hydroxyl groups is 8. The van der Waals surface area contributed by atoms with Gasteiger partial charge in [-0.1, -0.05) is 258 Å². The van der Waals surface area contributed by atoms with Crippen LogP contribution in [0, 0.1) is 0 Å². The Morgan fingerprint density at radius 2 is 0.824 bits per heavy atom. The molecule has 0 radical (unpaired) electrons. The fourth-order valence-corrected chi connectivity index (χ4v) is 10.3. The Balaban J connectivity index is 1.74. The van der Waals surface area contributed by atoms with Crippen molar-refractivity contribution >= 4 is 5.91 Å². The lowest BCUT2D eigenvalue weighted by Crippen LogP contribution is -2.65. The van der Waals surface area contributed by atoms with E-state index in [1.807, 2.05) is 18.2 Å². The number of unbranched alkanes of at least 4 members (excludes halogenated alkanes) is 24. The average molecular weight is 1200 g/mol. The van der Waals surface area contributed by atoms with Gasteiger partial charge in [0.25, 0.3) is 0 Å². The molecular weight excluding hydrogens is 1070 g/mol. The van der Waals surface area contributed by atoms with E-state index < -0.39 is 86.8 Å². The zero-order chi connectivity index (χ0) is 61.6. The molecule has 9 N–H and O–H groups in total. The number of amides is 1. The highest BCUT2D eigenvalue weighted by molar-refractivity contribution is 5.76. The number of allylic oxidation sites excluding steroid dienone is 17. The van der Waals surface area contributed by atoms with Gasteiger partial charge in [0, 0.05) is 6.42 Å². The van der Waals surface area contributed by atoms with Crippen LogP contribution in [0.25, 0.3) is 0 Å². The Hall–Kier alpha value is -3.35. The Bertz CT molecular complexity index is 1840. The predicted octanol–water partition coefficient (Wildman–Crippen LogP) is 13.2. The van der Waals surface area contributed by atoms with Gasteiger partial charge in [0.2, 0.25) is 5.91 Å². The Labute approximate surface area is 515 Å². The molecule has 488 valence electrons. The summed E-state index contributed by atoms with van der Waals surface area (Å²) >= 11 is 0. The number of hydrogen-bond donors (Lipinski definition) is 9. The van der Waals surface area contributed by atoms with Crippen molar-refractivity contribution in [1.29, 1.82) is 0 Å². The molecular formula is C71H121NO13. The lowest BCUT2D eigenvalue weighted by molar-refractivity contribution is -0.359. The molecule has 0 aliphatic carbocycles. The van der Waals surface area contributed by atoms with E-state index in [9.17, 15) is 45.6 Å². The lowest BCUT2D eigenvalue weighted by atomic mass is 9.97. The third-order valence-corrected chi connectivity index (χ3v) is 15.7. The summed E-state index contributed by atoms with van der Waals surface area (Å²) in [5.74, 6) is -0.338. The van der Waals surface area contributed by atoms with E-state index in [-0.39, 0.29) is 18.9 Å². The van der Waals surface area contributed by atoms with Crippen LogP contribution in [0.5, 0.6) is 0 Å². The number of rotatable bonds is 53. The van der Waals surface area contributed by atoms with Crippen LogP contribution in [-0.2, 0) is 23.7 Å². The minimum absolute atomic E-state index is 0.138. The Morgan fingerprint density at radius 1 is 0.435 bits per heavy atom. The van der Waals surface area contributed by atoms with Crippen LogP contribution in [0.3, 0.4) is 0 Å². The summed E-state index contributed by atoms with van der Waals surface area (Å²) in [6.07, 6.45) is 61.7. The fourth-order valence-electron chi connectivity index (χ4n) is 10.3. The molecule has 14 heteroatoms. The van der Waals surface area contributed by atoms with Gasteiger partial charge in [0.1, 0.15) is 48.8 Å². The van der Waals surface area contributed by atoms with Gasteiger partial charge in [-0.25, -0.2) is 0 Å². The fraction of sp³-hybridized carbons (Fsp3) is 0.732. The lowest BCUT2D eigenvalue weighted by Gasteiger charge is -2.46. The monoisotopic (exact) mass is 1200 g/mol. The molecule has 2 aliphatic heterocycles. The van der Waals surface area contributed by atoms with Crippen LogP contribution in [0.4, 0.5) is 0 Å². The van der Waals surface area contributed by atoms with Gasteiger partial charge in [-0.05, 0) is 83.5 Å². The molecule has 14 nitrogen and oxygen atoms in total. The van der Waals surface area contributed by atoms with Crippen molar-refractivity contribution < 1.29 is 64.6 Å². The quantitative estimate of drug-likeness (QED) is 0.0204. The molecule has 2 fully saturated rings. The zero-order valence-electron chi connectivity index (χ0n) is 52.8. The Morgan fingerprint density at radius 3 is 1.28 bits per heavy atom. The zero-order valence-corrected chi connectivity index (χ0v) is 52.8. The number of carbonyl (C=O) groups is 1. The summed E-state index contributed by atoms with van der Waals surface area (Å²) < 4.78 is 22.7. The average Bonchev–Trinajstić information content (AvgIpc) is 3.69. The van der Waals surface area contributed by atoms with E-state index >= 15 is 0 Å². The SMILES string of the molecule is CC/C=C\C/C=C\C/C=C\C/C=C\C/C=C\C/C=C\CCC(=O)NC(COC1OC(CO)C(OC2OC(CO)C(O)C(O)C2O)C(O)C1O)C(O)/C=C/CC/C=C/CC/C=C/CCCCCCCCCCCCCCCCCCCCCCCC. The maximum atomic E-state index is 13.2. The second-order valence-electron chi connectivity index (χ2n) is 23.2. The van der Waals surface area contributed by atoms with Gasteiger partial charge >= 0.3 is 0 Å².